The van der Waals surface area contributed by atoms with E-state index in [0.717, 1.165) is 52.8 Å². The largest absolute Gasteiger partial charge is 0.494 e. The molecule has 0 bridgehead atoms. The molecular formula is C23H26N4O4S. The summed E-state index contributed by atoms with van der Waals surface area (Å²) in [5, 5.41) is 0.723. The predicted octanol–water partition coefficient (Wildman–Crippen LogP) is 3.20. The van der Waals surface area contributed by atoms with Crippen LogP contribution in [0.3, 0.4) is 0 Å². The Kier molecular flexibility index (Phi) is 5.95. The third kappa shape index (κ3) is 3.80. The zero-order valence-corrected chi connectivity index (χ0v) is 18.8. The monoisotopic (exact) mass is 454 g/mol. The maximum absolute atomic E-state index is 12.4. The van der Waals surface area contributed by atoms with Crippen LogP contribution in [-0.4, -0.2) is 62.5 Å². The first-order valence-corrected chi connectivity index (χ1v) is 11.7. The molecule has 3 aromatic rings. The molecule has 0 unspecified atom stereocenters. The molecule has 0 radical (unpaired) electrons. The zero-order chi connectivity index (χ0) is 22.1. The van der Waals surface area contributed by atoms with E-state index in [2.05, 4.69) is 16.0 Å². The minimum absolute atomic E-state index is 0.411. The molecule has 9 heteroatoms. The van der Waals surface area contributed by atoms with Crippen molar-refractivity contribution in [3.8, 4) is 16.3 Å². The Labute approximate surface area is 190 Å². The number of morpholine rings is 1. The first-order valence-electron chi connectivity index (χ1n) is 10.8. The molecule has 2 saturated heterocycles. The quantitative estimate of drug-likeness (QED) is 0.632. The second-order valence-corrected chi connectivity index (χ2v) is 8.96. The van der Waals surface area contributed by atoms with Gasteiger partial charge in [-0.15, -0.1) is 11.3 Å². The number of rotatable bonds is 5. The number of nitrogens with zero attached hydrogens (tertiary/aromatic N) is 3. The number of methoxy groups -OCH3 is 1. The molecule has 168 valence electrons. The Morgan fingerprint density at radius 3 is 2.62 bits per heavy atom. The second-order valence-electron chi connectivity index (χ2n) is 7.96. The number of fused-ring (bicyclic) bond motifs is 1. The summed E-state index contributed by atoms with van der Waals surface area (Å²) in [6, 6.07) is 5.79. The number of benzene rings is 1. The fourth-order valence-electron chi connectivity index (χ4n) is 4.49. The van der Waals surface area contributed by atoms with Crippen LogP contribution >= 0.6 is 11.3 Å². The lowest BCUT2D eigenvalue weighted by atomic mass is 9.91. The molecule has 5 rings (SSSR count). The number of hydrogen-bond donors (Lipinski definition) is 1. The summed E-state index contributed by atoms with van der Waals surface area (Å²) in [5.74, 6) is 1.35. The molecule has 4 heterocycles. The Balaban J connectivity index is 1.70. The van der Waals surface area contributed by atoms with Crippen LogP contribution in [0, 0.1) is 0 Å². The van der Waals surface area contributed by atoms with Crippen molar-refractivity contribution in [1.82, 2.24) is 9.97 Å². The number of anilines is 1. The Morgan fingerprint density at radius 2 is 1.91 bits per heavy atom. The second kappa shape index (κ2) is 9.01. The number of primary amides is 1. The molecule has 2 N–H and O–H groups in total. The number of carbonyl (C=O) groups excluding carboxylic acids is 1. The number of thiazole rings is 1. The first-order chi connectivity index (χ1) is 15.7. The van der Waals surface area contributed by atoms with Crippen LogP contribution < -0.4 is 15.4 Å². The molecule has 0 spiro atoms. The van der Waals surface area contributed by atoms with Gasteiger partial charge in [0.25, 0.3) is 0 Å². The summed E-state index contributed by atoms with van der Waals surface area (Å²) < 4.78 is 17.8. The van der Waals surface area contributed by atoms with Crippen molar-refractivity contribution in [2.45, 2.75) is 18.8 Å². The number of aromatic nitrogens is 2. The van der Waals surface area contributed by atoms with E-state index in [4.69, 9.17) is 24.9 Å². The van der Waals surface area contributed by atoms with Gasteiger partial charge in [0.15, 0.2) is 0 Å². The number of hydrogen-bond acceptors (Lipinski definition) is 8. The van der Waals surface area contributed by atoms with E-state index in [1.165, 1.54) is 5.56 Å². The molecule has 0 saturated carbocycles. The van der Waals surface area contributed by atoms with Crippen LogP contribution in [0.2, 0.25) is 0 Å². The number of ether oxygens (including phenoxy) is 3. The average Bonchev–Trinajstić information content (AvgIpc) is 3.29. The number of nitrogens with two attached hydrogens (primary N) is 1. The highest BCUT2D eigenvalue weighted by Gasteiger charge is 2.27. The van der Waals surface area contributed by atoms with Gasteiger partial charge in [0, 0.05) is 32.5 Å². The van der Waals surface area contributed by atoms with Gasteiger partial charge in [0.05, 0.1) is 36.2 Å². The molecule has 0 aliphatic carbocycles. The topological polar surface area (TPSA) is 99.8 Å². The van der Waals surface area contributed by atoms with Crippen LogP contribution in [0.25, 0.3) is 20.8 Å². The third-order valence-electron chi connectivity index (χ3n) is 6.14. The Bertz CT molecular complexity index is 1140. The van der Waals surface area contributed by atoms with E-state index in [-0.39, 0.29) is 0 Å². The van der Waals surface area contributed by atoms with Crippen LogP contribution in [0.15, 0.2) is 24.4 Å². The van der Waals surface area contributed by atoms with Crippen molar-refractivity contribution in [2.75, 3.05) is 51.5 Å². The molecule has 32 heavy (non-hydrogen) atoms. The lowest BCUT2D eigenvalue weighted by Gasteiger charge is -2.29. The van der Waals surface area contributed by atoms with Crippen LogP contribution in [0.5, 0.6) is 5.75 Å². The summed E-state index contributed by atoms with van der Waals surface area (Å²) in [4.78, 5) is 24.1. The Hall–Kier alpha value is -2.75. The van der Waals surface area contributed by atoms with E-state index in [0.29, 0.717) is 43.3 Å². The van der Waals surface area contributed by atoms with E-state index in [1.54, 1.807) is 30.7 Å². The SMILES string of the molecule is COc1ccc(C2CCOCC2)c2sc(-c3c(C(N)=O)ccnc3N3CCOCC3)nc12. The van der Waals surface area contributed by atoms with Gasteiger partial charge >= 0.3 is 0 Å². The minimum Gasteiger partial charge on any atom is -0.494 e. The highest BCUT2D eigenvalue weighted by molar-refractivity contribution is 7.22. The molecular weight excluding hydrogens is 428 g/mol. The average molecular weight is 455 g/mol. The van der Waals surface area contributed by atoms with Crippen molar-refractivity contribution < 1.29 is 19.0 Å². The van der Waals surface area contributed by atoms with E-state index >= 15 is 0 Å². The standard InChI is InChI=1S/C23H26N4O4S/c1-29-17-3-2-15(14-5-10-30-11-6-14)20-19(17)26-23(32-20)18-16(21(24)28)4-7-25-22(18)27-8-12-31-13-9-27/h2-4,7,14H,5-6,8-13H2,1H3,(H2,24,28). The lowest BCUT2D eigenvalue weighted by molar-refractivity contribution is 0.0856. The zero-order valence-electron chi connectivity index (χ0n) is 18.0. The van der Waals surface area contributed by atoms with Crippen LogP contribution in [-0.2, 0) is 9.47 Å². The fraction of sp³-hybridized carbons (Fsp3) is 0.435. The van der Waals surface area contributed by atoms with Gasteiger partial charge in [-0.1, -0.05) is 6.07 Å². The van der Waals surface area contributed by atoms with Crippen molar-refractivity contribution in [1.29, 1.82) is 0 Å². The van der Waals surface area contributed by atoms with Crippen molar-refractivity contribution in [3.63, 3.8) is 0 Å². The molecule has 1 amide bonds. The normalized spacial score (nSPS) is 17.6. The fourth-order valence-corrected chi connectivity index (χ4v) is 5.72. The van der Waals surface area contributed by atoms with Gasteiger partial charge in [-0.3, -0.25) is 4.79 Å². The Morgan fingerprint density at radius 1 is 1.16 bits per heavy atom. The van der Waals surface area contributed by atoms with Gasteiger partial charge < -0.3 is 24.8 Å². The molecule has 2 aliphatic rings. The van der Waals surface area contributed by atoms with Crippen molar-refractivity contribution in [2.24, 2.45) is 5.73 Å². The van der Waals surface area contributed by atoms with Gasteiger partial charge in [-0.2, -0.15) is 0 Å². The lowest BCUT2D eigenvalue weighted by Crippen LogP contribution is -2.37. The van der Waals surface area contributed by atoms with Crippen molar-refractivity contribution >= 4 is 33.3 Å². The van der Waals surface area contributed by atoms with Crippen LogP contribution in [0.4, 0.5) is 5.82 Å². The summed E-state index contributed by atoms with van der Waals surface area (Å²) >= 11 is 1.57. The highest BCUT2D eigenvalue weighted by Crippen LogP contribution is 2.44. The van der Waals surface area contributed by atoms with E-state index < -0.39 is 5.91 Å². The number of pyridine rings is 1. The van der Waals surface area contributed by atoms with E-state index in [1.807, 2.05) is 6.07 Å². The van der Waals surface area contributed by atoms with E-state index in [9.17, 15) is 4.79 Å². The smallest absolute Gasteiger partial charge is 0.249 e. The summed E-state index contributed by atoms with van der Waals surface area (Å²) in [6.45, 7) is 4.15. The molecule has 8 nitrogen and oxygen atoms in total. The molecule has 1 aromatic carbocycles. The predicted molar refractivity (Wildman–Crippen MR) is 124 cm³/mol. The summed E-state index contributed by atoms with van der Waals surface area (Å²) in [6.07, 6.45) is 3.59. The number of carbonyl (C=O) groups is 1. The molecule has 0 atom stereocenters. The van der Waals surface area contributed by atoms with Crippen LogP contribution in [0.1, 0.15) is 34.7 Å². The summed E-state index contributed by atoms with van der Waals surface area (Å²) in [7, 11) is 1.65. The van der Waals surface area contributed by atoms with Crippen molar-refractivity contribution in [3.05, 3.63) is 35.5 Å². The molecule has 2 fully saturated rings. The maximum Gasteiger partial charge on any atom is 0.249 e. The molecule has 2 aliphatic heterocycles. The van der Waals surface area contributed by atoms with Gasteiger partial charge in [-0.25, -0.2) is 9.97 Å². The first kappa shape index (κ1) is 21.1. The third-order valence-corrected chi connectivity index (χ3v) is 7.26. The highest BCUT2D eigenvalue weighted by atomic mass is 32.1. The van der Waals surface area contributed by atoms with Gasteiger partial charge in [-0.05, 0) is 36.5 Å². The molecule has 2 aromatic heterocycles. The van der Waals surface area contributed by atoms with Gasteiger partial charge in [0.2, 0.25) is 5.91 Å². The number of amides is 1. The minimum atomic E-state index is -0.493. The summed E-state index contributed by atoms with van der Waals surface area (Å²) in [5.41, 5.74) is 8.95. The maximum atomic E-state index is 12.4. The van der Waals surface area contributed by atoms with Gasteiger partial charge in [0.1, 0.15) is 22.1 Å².